The lowest BCUT2D eigenvalue weighted by Gasteiger charge is -2.32. The van der Waals surface area contributed by atoms with E-state index in [2.05, 4.69) is 10.0 Å². The van der Waals surface area contributed by atoms with Crippen LogP contribution in [0, 0.1) is 5.92 Å². The van der Waals surface area contributed by atoms with Crippen LogP contribution in [0.25, 0.3) is 0 Å². The lowest BCUT2D eigenvalue weighted by Crippen LogP contribution is -2.56. The number of nitrogens with one attached hydrogen (secondary N) is 2. The number of esters is 1. The maximum Gasteiger partial charge on any atom is 0.457 e. The fourth-order valence-electron chi connectivity index (χ4n) is 4.29. The van der Waals surface area contributed by atoms with Gasteiger partial charge in [0.2, 0.25) is 0 Å². The van der Waals surface area contributed by atoms with Crippen LogP contribution in [0.1, 0.15) is 68.2 Å². The molecule has 37 heavy (non-hydrogen) atoms. The molecular weight excluding hydrogens is 503 g/mol. The molecule has 2 aliphatic rings. The highest BCUT2D eigenvalue weighted by Gasteiger charge is 2.54. The number of carbonyl (C=O) groups is 2. The molecule has 0 aliphatic carbocycles. The molecule has 1 amide bonds. The molecule has 4 N–H and O–H groups in total. The van der Waals surface area contributed by atoms with E-state index in [9.17, 15) is 18.0 Å². The Hall–Kier alpha value is -1.45. The molecule has 2 fully saturated rings. The van der Waals surface area contributed by atoms with Crippen molar-refractivity contribution in [2.24, 2.45) is 11.7 Å². The Morgan fingerprint density at radius 2 is 1.73 bits per heavy atom. The third kappa shape index (κ3) is 8.27. The van der Waals surface area contributed by atoms with Crippen LogP contribution in [0.2, 0.25) is 6.32 Å². The first-order valence-corrected chi connectivity index (χ1v) is 14.3. The summed E-state index contributed by atoms with van der Waals surface area (Å²) in [6.07, 6.45) is 1.06. The number of carbonyl (C=O) groups excluding carboxylic acids is 2. The maximum absolute atomic E-state index is 13.0. The first-order chi connectivity index (χ1) is 16.8. The number of ether oxygens (including phenoxy) is 2. The van der Waals surface area contributed by atoms with Gasteiger partial charge in [-0.15, -0.1) is 0 Å². The highest BCUT2D eigenvalue weighted by atomic mass is 32.2. The molecule has 0 saturated carbocycles. The highest BCUT2D eigenvalue weighted by Crippen LogP contribution is 2.39. The van der Waals surface area contributed by atoms with E-state index in [-0.39, 0.29) is 39.9 Å². The van der Waals surface area contributed by atoms with Gasteiger partial charge in [0.1, 0.15) is 11.1 Å². The lowest BCUT2D eigenvalue weighted by atomic mass is 9.78. The van der Waals surface area contributed by atoms with E-state index in [0.717, 1.165) is 4.31 Å². The van der Waals surface area contributed by atoms with Crippen LogP contribution in [-0.4, -0.2) is 87.0 Å². The average molecular weight is 549 g/mol. The molecule has 2 aliphatic heterocycles. The molecule has 0 bridgehead atoms. The van der Waals surface area contributed by atoms with Crippen molar-refractivity contribution < 1.29 is 36.8 Å². The van der Waals surface area contributed by atoms with E-state index in [0.29, 0.717) is 19.2 Å². The van der Waals surface area contributed by atoms with Crippen molar-refractivity contribution in [3.8, 4) is 0 Å². The van der Waals surface area contributed by atoms with Gasteiger partial charge in [0.15, 0.2) is 0 Å². The molecule has 2 rings (SSSR count). The summed E-state index contributed by atoms with van der Waals surface area (Å²) < 4.78 is 52.0. The van der Waals surface area contributed by atoms with Crippen LogP contribution in [0.15, 0.2) is 0 Å². The number of nitrogens with two attached hydrogens (primary N) is 1. The Morgan fingerprint density at radius 3 is 2.27 bits per heavy atom. The monoisotopic (exact) mass is 548 g/mol. The molecule has 214 valence electrons. The van der Waals surface area contributed by atoms with Crippen molar-refractivity contribution in [1.29, 1.82) is 0 Å². The molecule has 0 aromatic carbocycles. The first-order valence-electron chi connectivity index (χ1n) is 12.9. The van der Waals surface area contributed by atoms with E-state index in [1.807, 2.05) is 27.7 Å². The van der Waals surface area contributed by atoms with Gasteiger partial charge in [0, 0.05) is 32.1 Å². The summed E-state index contributed by atoms with van der Waals surface area (Å²) in [5.41, 5.74) is 3.49. The van der Waals surface area contributed by atoms with E-state index in [1.54, 1.807) is 27.7 Å². The van der Waals surface area contributed by atoms with Gasteiger partial charge in [-0.05, 0) is 68.1 Å². The fourth-order valence-corrected chi connectivity index (χ4v) is 5.59. The van der Waals surface area contributed by atoms with Gasteiger partial charge in [0.25, 0.3) is 10.2 Å². The fraction of sp³-hybridized carbons (Fsp3) is 0.913. The predicted molar refractivity (Wildman–Crippen MR) is 140 cm³/mol. The van der Waals surface area contributed by atoms with Gasteiger partial charge in [-0.1, -0.05) is 6.42 Å². The first kappa shape index (κ1) is 31.8. The summed E-state index contributed by atoms with van der Waals surface area (Å²) in [5, 5.41) is 2.50. The number of amides is 1. The summed E-state index contributed by atoms with van der Waals surface area (Å²) in [4.78, 5) is 24.6. The van der Waals surface area contributed by atoms with Crippen LogP contribution in [0.4, 0.5) is 4.79 Å². The van der Waals surface area contributed by atoms with Crippen LogP contribution >= 0.6 is 0 Å². The maximum atomic E-state index is 13.0. The van der Waals surface area contributed by atoms with Crippen LogP contribution in [0.5, 0.6) is 0 Å². The van der Waals surface area contributed by atoms with Crippen LogP contribution in [0.3, 0.4) is 0 Å². The van der Waals surface area contributed by atoms with Gasteiger partial charge < -0.3 is 29.8 Å². The standard InChI is InChI=1S/C23H45BN4O8S/c1-9-33-18(29)23(25)16-28(37(31,32)27-14-13-26-19(30)34-20(2,3)4)15-17(23)11-10-12-24-35-21(5,6)22(7,8)36-24/h17,27H,9-16,25H2,1-8H3,(H,26,30)/t17-,23-/m0/s1. The van der Waals surface area contributed by atoms with E-state index in [1.165, 1.54) is 0 Å². The third-order valence-corrected chi connectivity index (χ3v) is 8.48. The third-order valence-electron chi connectivity index (χ3n) is 6.96. The quantitative estimate of drug-likeness (QED) is 0.197. The molecule has 14 heteroatoms. The molecule has 0 spiro atoms. The molecule has 12 nitrogen and oxygen atoms in total. The largest absolute Gasteiger partial charge is 0.465 e. The zero-order valence-electron chi connectivity index (χ0n) is 23.5. The molecule has 2 atom stereocenters. The number of alkyl carbamates (subject to hydrolysis) is 1. The van der Waals surface area contributed by atoms with E-state index in [4.69, 9.17) is 24.5 Å². The Labute approximate surface area is 222 Å². The molecule has 2 heterocycles. The van der Waals surface area contributed by atoms with Gasteiger partial charge in [-0.3, -0.25) is 0 Å². The minimum atomic E-state index is -3.96. The molecule has 0 aromatic rings. The Morgan fingerprint density at radius 1 is 1.14 bits per heavy atom. The van der Waals surface area contributed by atoms with Gasteiger partial charge in [-0.25, -0.2) is 14.3 Å². The summed E-state index contributed by atoms with van der Waals surface area (Å²) in [5.74, 6) is -1.08. The van der Waals surface area contributed by atoms with Crippen molar-refractivity contribution >= 4 is 29.4 Å². The Balaban J connectivity index is 1.97. The van der Waals surface area contributed by atoms with Crippen molar-refractivity contribution in [2.75, 3.05) is 32.8 Å². The second kappa shape index (κ2) is 11.7. The number of hydrogen-bond donors (Lipinski definition) is 3. The number of hydrogen-bond acceptors (Lipinski definition) is 9. The van der Waals surface area contributed by atoms with Crippen molar-refractivity contribution in [3.05, 3.63) is 0 Å². The molecule has 0 unspecified atom stereocenters. The molecular formula is C23H45BN4O8S. The van der Waals surface area contributed by atoms with Crippen LogP contribution < -0.4 is 15.8 Å². The topological polar surface area (TPSA) is 159 Å². The van der Waals surface area contributed by atoms with Crippen molar-refractivity contribution in [2.45, 2.75) is 96.9 Å². The lowest BCUT2D eigenvalue weighted by molar-refractivity contribution is -0.150. The second-order valence-electron chi connectivity index (χ2n) is 11.7. The van der Waals surface area contributed by atoms with Gasteiger partial charge in [0.05, 0.1) is 17.8 Å². The zero-order chi connectivity index (χ0) is 28.3. The number of nitrogens with zero attached hydrogens (tertiary/aromatic N) is 1. The number of rotatable bonds is 11. The summed E-state index contributed by atoms with van der Waals surface area (Å²) in [6.45, 7) is 14.8. The molecule has 0 aromatic heterocycles. The van der Waals surface area contributed by atoms with Crippen molar-refractivity contribution in [1.82, 2.24) is 14.3 Å². The highest BCUT2D eigenvalue weighted by molar-refractivity contribution is 7.87. The predicted octanol–water partition coefficient (Wildman–Crippen LogP) is 1.41. The van der Waals surface area contributed by atoms with Gasteiger partial charge in [-0.2, -0.15) is 12.7 Å². The summed E-state index contributed by atoms with van der Waals surface area (Å²) >= 11 is 0. The van der Waals surface area contributed by atoms with Crippen LogP contribution in [-0.2, 0) is 33.8 Å². The minimum absolute atomic E-state index is 0.0329. The van der Waals surface area contributed by atoms with Crippen molar-refractivity contribution in [3.63, 3.8) is 0 Å². The van der Waals surface area contributed by atoms with Gasteiger partial charge >= 0.3 is 19.2 Å². The van der Waals surface area contributed by atoms with E-state index >= 15 is 0 Å². The normalized spacial score (nSPS) is 25.8. The SMILES string of the molecule is CCOC(=O)[C@]1(N)CN(S(=O)(=O)NCCNC(=O)OC(C)(C)C)C[C@@H]1CCCB1OC(C)(C)C(C)(C)O1. The summed E-state index contributed by atoms with van der Waals surface area (Å²) in [6, 6.07) is 0. The Bertz CT molecular complexity index is 908. The Kier molecular flexibility index (Phi) is 10.1. The average Bonchev–Trinajstić information content (AvgIpc) is 3.18. The minimum Gasteiger partial charge on any atom is -0.465 e. The smallest absolute Gasteiger partial charge is 0.457 e. The second-order valence-corrected chi connectivity index (χ2v) is 13.5. The zero-order valence-corrected chi connectivity index (χ0v) is 24.3. The molecule has 0 radical (unpaired) electrons. The van der Waals surface area contributed by atoms with E-state index < -0.39 is 50.5 Å². The molecule has 2 saturated heterocycles. The summed E-state index contributed by atoms with van der Waals surface area (Å²) in [7, 11) is -4.35.